The van der Waals surface area contributed by atoms with Gasteiger partial charge in [0, 0.05) is 5.56 Å². The van der Waals surface area contributed by atoms with Crippen molar-refractivity contribution in [3.05, 3.63) is 35.4 Å². The van der Waals surface area contributed by atoms with Gasteiger partial charge < -0.3 is 9.47 Å². The van der Waals surface area contributed by atoms with Crippen LogP contribution < -0.4 is 0 Å². The quantitative estimate of drug-likeness (QED) is 0.672. The number of rotatable bonds is 1. The van der Waals surface area contributed by atoms with E-state index in [2.05, 4.69) is 5.92 Å². The highest BCUT2D eigenvalue weighted by Crippen LogP contribution is 2.37. The van der Waals surface area contributed by atoms with E-state index in [0.717, 1.165) is 11.1 Å². The molecule has 0 aromatic heterocycles. The third-order valence-electron chi connectivity index (χ3n) is 2.71. The minimum absolute atomic E-state index is 0.0122. The first-order chi connectivity index (χ1) is 7.52. The van der Waals surface area contributed by atoms with E-state index in [1.807, 2.05) is 45.0 Å². The Morgan fingerprint density at radius 3 is 2.25 bits per heavy atom. The highest BCUT2D eigenvalue weighted by Gasteiger charge is 2.39. The van der Waals surface area contributed by atoms with E-state index in [4.69, 9.17) is 15.9 Å². The summed E-state index contributed by atoms with van der Waals surface area (Å²) >= 11 is 0. The van der Waals surface area contributed by atoms with Crippen molar-refractivity contribution in [2.75, 3.05) is 0 Å². The summed E-state index contributed by atoms with van der Waals surface area (Å²) < 4.78 is 11.6. The van der Waals surface area contributed by atoms with E-state index in [-0.39, 0.29) is 12.2 Å². The molecule has 1 heterocycles. The van der Waals surface area contributed by atoms with Crippen LogP contribution in [-0.4, -0.2) is 11.9 Å². The molecule has 0 spiro atoms. The van der Waals surface area contributed by atoms with Crippen LogP contribution in [0.25, 0.3) is 0 Å². The minimum Gasteiger partial charge on any atom is -0.344 e. The molecule has 1 unspecified atom stereocenters. The highest BCUT2D eigenvalue weighted by atomic mass is 16.7. The summed E-state index contributed by atoms with van der Waals surface area (Å²) in [5, 5.41) is 0. The second kappa shape index (κ2) is 3.93. The fraction of sp³-hybridized carbons (Fsp3) is 0.429. The van der Waals surface area contributed by atoms with Gasteiger partial charge in [-0.1, -0.05) is 18.1 Å². The Balaban J connectivity index is 2.22. The molecule has 1 aliphatic rings. The summed E-state index contributed by atoms with van der Waals surface area (Å²) in [6.45, 7) is 5.88. The van der Waals surface area contributed by atoms with Gasteiger partial charge in [0.1, 0.15) is 6.10 Å². The number of benzene rings is 1. The van der Waals surface area contributed by atoms with Crippen molar-refractivity contribution in [3.63, 3.8) is 0 Å². The van der Waals surface area contributed by atoms with Crippen LogP contribution >= 0.6 is 0 Å². The molecule has 2 heteroatoms. The number of hydrogen-bond acceptors (Lipinski definition) is 2. The Morgan fingerprint density at radius 2 is 1.81 bits per heavy atom. The van der Waals surface area contributed by atoms with Crippen molar-refractivity contribution in [2.45, 2.75) is 38.8 Å². The van der Waals surface area contributed by atoms with Gasteiger partial charge in [-0.15, -0.1) is 6.42 Å². The van der Waals surface area contributed by atoms with Crippen molar-refractivity contribution >= 4 is 0 Å². The van der Waals surface area contributed by atoms with Crippen LogP contribution in [0.2, 0.25) is 0 Å². The van der Waals surface area contributed by atoms with Crippen molar-refractivity contribution in [1.82, 2.24) is 0 Å². The first-order valence-corrected chi connectivity index (χ1v) is 5.44. The molecule has 0 saturated carbocycles. The third kappa shape index (κ3) is 2.11. The highest BCUT2D eigenvalue weighted by molar-refractivity contribution is 5.35. The van der Waals surface area contributed by atoms with Gasteiger partial charge in [0.2, 0.25) is 0 Å². The molecular formula is C14H16O2. The Bertz CT molecular complexity index is 411. The van der Waals surface area contributed by atoms with Crippen molar-refractivity contribution < 1.29 is 9.47 Å². The third-order valence-corrected chi connectivity index (χ3v) is 2.71. The smallest absolute Gasteiger partial charge is 0.164 e. The molecule has 0 bridgehead atoms. The zero-order valence-corrected chi connectivity index (χ0v) is 9.86. The summed E-state index contributed by atoms with van der Waals surface area (Å²) in [7, 11) is 0. The first-order valence-electron chi connectivity index (χ1n) is 5.44. The molecule has 0 aliphatic carbocycles. The summed E-state index contributed by atoms with van der Waals surface area (Å²) in [5.74, 6) is 2.10. The normalized spacial score (nSPS) is 27.6. The average molecular weight is 216 g/mol. The largest absolute Gasteiger partial charge is 0.344 e. The van der Waals surface area contributed by atoms with E-state index < -0.39 is 5.79 Å². The molecule has 84 valence electrons. The van der Waals surface area contributed by atoms with Gasteiger partial charge in [-0.3, -0.25) is 0 Å². The van der Waals surface area contributed by atoms with Crippen molar-refractivity contribution in [1.29, 1.82) is 0 Å². The van der Waals surface area contributed by atoms with Crippen LogP contribution in [0.15, 0.2) is 24.3 Å². The summed E-state index contributed by atoms with van der Waals surface area (Å²) in [4.78, 5) is 0. The Hall–Kier alpha value is -1.30. The molecule has 0 radical (unpaired) electrons. The second-order valence-electron chi connectivity index (χ2n) is 4.53. The molecule has 2 rings (SSSR count). The molecule has 2 atom stereocenters. The van der Waals surface area contributed by atoms with E-state index in [1.54, 1.807) is 0 Å². The monoisotopic (exact) mass is 216 g/mol. The summed E-state index contributed by atoms with van der Waals surface area (Å²) in [6.07, 6.45) is 5.37. The molecule has 1 aliphatic heterocycles. The maximum absolute atomic E-state index is 5.85. The van der Waals surface area contributed by atoms with Crippen molar-refractivity contribution in [3.8, 4) is 12.3 Å². The van der Waals surface area contributed by atoms with Crippen molar-refractivity contribution in [2.24, 2.45) is 0 Å². The topological polar surface area (TPSA) is 18.5 Å². The Labute approximate surface area is 96.6 Å². The summed E-state index contributed by atoms with van der Waals surface area (Å²) in [5.41, 5.74) is 1.99. The zero-order valence-electron chi connectivity index (χ0n) is 9.86. The molecule has 1 aromatic rings. The van der Waals surface area contributed by atoms with E-state index in [0.29, 0.717) is 0 Å². The fourth-order valence-electron chi connectivity index (χ4n) is 2.05. The lowest BCUT2D eigenvalue weighted by Crippen LogP contribution is -2.20. The predicted octanol–water partition coefficient (Wildman–Crippen LogP) is 2.88. The maximum atomic E-state index is 5.85. The van der Waals surface area contributed by atoms with Gasteiger partial charge in [-0.25, -0.2) is 0 Å². The lowest BCUT2D eigenvalue weighted by atomic mass is 10.0. The van der Waals surface area contributed by atoms with Gasteiger partial charge in [-0.2, -0.15) is 0 Å². The van der Waals surface area contributed by atoms with Crippen LogP contribution in [0, 0.1) is 12.3 Å². The van der Waals surface area contributed by atoms with Gasteiger partial charge in [0.15, 0.2) is 5.79 Å². The summed E-state index contributed by atoms with van der Waals surface area (Å²) in [6, 6.07) is 7.86. The van der Waals surface area contributed by atoms with Gasteiger partial charge in [-0.05, 0) is 38.5 Å². The van der Waals surface area contributed by atoms with Crippen LogP contribution in [-0.2, 0) is 9.47 Å². The van der Waals surface area contributed by atoms with E-state index >= 15 is 0 Å². The van der Waals surface area contributed by atoms with E-state index in [9.17, 15) is 0 Å². The zero-order chi connectivity index (χ0) is 11.8. The SMILES string of the molecule is C#Cc1ccc(C2OC(C)(C)O[C@@H]2C)cc1. The van der Waals surface area contributed by atoms with Gasteiger partial charge in [0.05, 0.1) is 6.10 Å². The molecule has 1 fully saturated rings. The van der Waals surface area contributed by atoms with Gasteiger partial charge >= 0.3 is 0 Å². The van der Waals surface area contributed by atoms with E-state index in [1.165, 1.54) is 0 Å². The predicted molar refractivity (Wildman–Crippen MR) is 62.8 cm³/mol. The maximum Gasteiger partial charge on any atom is 0.164 e. The molecule has 0 amide bonds. The van der Waals surface area contributed by atoms with Crippen LogP contribution in [0.3, 0.4) is 0 Å². The minimum atomic E-state index is -0.505. The molecule has 2 nitrogen and oxygen atoms in total. The molecule has 16 heavy (non-hydrogen) atoms. The Kier molecular flexibility index (Phi) is 2.75. The lowest BCUT2D eigenvalue weighted by molar-refractivity contribution is -0.145. The average Bonchev–Trinajstić information content (AvgIpc) is 2.52. The molecule has 0 N–H and O–H groups in total. The fourth-order valence-corrected chi connectivity index (χ4v) is 2.05. The number of hydrogen-bond donors (Lipinski definition) is 0. The molecule has 1 aromatic carbocycles. The first kappa shape index (κ1) is 11.2. The standard InChI is InChI=1S/C14H16O2/c1-5-11-6-8-12(9-7-11)13-10(2)15-14(3,4)16-13/h1,6-10,13H,2-4H3/t10-,13?/m1/s1. The number of terminal acetylenes is 1. The molecule has 1 saturated heterocycles. The number of ether oxygens (including phenoxy) is 2. The molecular weight excluding hydrogens is 200 g/mol. The van der Waals surface area contributed by atoms with Crippen LogP contribution in [0.4, 0.5) is 0 Å². The van der Waals surface area contributed by atoms with Gasteiger partial charge in [0.25, 0.3) is 0 Å². The second-order valence-corrected chi connectivity index (χ2v) is 4.53. The Morgan fingerprint density at radius 1 is 1.19 bits per heavy atom. The van der Waals surface area contributed by atoms with Crippen LogP contribution in [0.1, 0.15) is 38.0 Å². The van der Waals surface area contributed by atoms with Crippen LogP contribution in [0.5, 0.6) is 0 Å². The lowest BCUT2D eigenvalue weighted by Gasteiger charge is -2.17.